The number of rotatable bonds is 5. The third-order valence-electron chi connectivity index (χ3n) is 4.63. The van der Waals surface area contributed by atoms with E-state index in [1.165, 1.54) is 23.0 Å². The SMILES string of the molecule is Cc1ccc(-n2c(N(C)C)nc3cc(C(=O)NCc4ccccc4F)sc32)cc1. The molecule has 2 aromatic carbocycles. The van der Waals surface area contributed by atoms with E-state index in [0.29, 0.717) is 10.4 Å². The number of hydrogen-bond acceptors (Lipinski definition) is 4. The Balaban J connectivity index is 1.66. The Hall–Kier alpha value is -3.19. The molecule has 29 heavy (non-hydrogen) atoms. The topological polar surface area (TPSA) is 50.2 Å². The van der Waals surface area contributed by atoms with Crippen molar-refractivity contribution < 1.29 is 9.18 Å². The molecule has 0 saturated carbocycles. The van der Waals surface area contributed by atoms with Crippen LogP contribution in [0.25, 0.3) is 16.0 Å². The van der Waals surface area contributed by atoms with Gasteiger partial charge in [0.05, 0.1) is 4.88 Å². The monoisotopic (exact) mass is 408 g/mol. The summed E-state index contributed by atoms with van der Waals surface area (Å²) in [6.45, 7) is 2.19. The first-order valence-corrected chi connectivity index (χ1v) is 10.0. The maximum absolute atomic E-state index is 13.8. The molecule has 0 unspecified atom stereocenters. The molecule has 0 aliphatic heterocycles. The molecule has 0 bridgehead atoms. The molecule has 2 aromatic heterocycles. The average molecular weight is 409 g/mol. The van der Waals surface area contributed by atoms with Gasteiger partial charge in [0.1, 0.15) is 16.2 Å². The van der Waals surface area contributed by atoms with E-state index in [1.54, 1.807) is 24.3 Å². The van der Waals surface area contributed by atoms with Gasteiger partial charge in [-0.1, -0.05) is 35.9 Å². The van der Waals surface area contributed by atoms with E-state index in [1.807, 2.05) is 42.6 Å². The molecule has 0 atom stereocenters. The number of fused-ring (bicyclic) bond motifs is 1. The summed E-state index contributed by atoms with van der Waals surface area (Å²) in [4.78, 5) is 20.7. The van der Waals surface area contributed by atoms with Crippen LogP contribution in [0.15, 0.2) is 54.6 Å². The van der Waals surface area contributed by atoms with Crippen molar-refractivity contribution in [1.82, 2.24) is 14.9 Å². The zero-order valence-electron chi connectivity index (χ0n) is 16.4. The summed E-state index contributed by atoms with van der Waals surface area (Å²) >= 11 is 1.38. The zero-order valence-corrected chi connectivity index (χ0v) is 17.3. The van der Waals surface area contributed by atoms with Crippen LogP contribution in [0, 0.1) is 12.7 Å². The molecule has 0 saturated heterocycles. The molecule has 1 amide bonds. The molecule has 0 fully saturated rings. The Bertz CT molecular complexity index is 1180. The molecule has 0 radical (unpaired) electrons. The maximum Gasteiger partial charge on any atom is 0.261 e. The van der Waals surface area contributed by atoms with E-state index in [2.05, 4.69) is 17.4 Å². The van der Waals surface area contributed by atoms with Gasteiger partial charge in [-0.3, -0.25) is 9.36 Å². The van der Waals surface area contributed by atoms with Crippen molar-refractivity contribution in [2.24, 2.45) is 0 Å². The quantitative estimate of drug-likeness (QED) is 0.528. The molecule has 1 N–H and O–H groups in total. The smallest absolute Gasteiger partial charge is 0.261 e. The number of carbonyl (C=O) groups is 1. The average Bonchev–Trinajstić information content (AvgIpc) is 3.26. The number of aryl methyl sites for hydroxylation is 1. The lowest BCUT2D eigenvalue weighted by molar-refractivity contribution is 0.0954. The third kappa shape index (κ3) is 3.73. The van der Waals surface area contributed by atoms with Crippen LogP contribution in [0.1, 0.15) is 20.8 Å². The minimum absolute atomic E-state index is 0.141. The fourth-order valence-corrected chi connectivity index (χ4v) is 4.13. The summed E-state index contributed by atoms with van der Waals surface area (Å²) in [5.41, 5.74) is 3.38. The lowest BCUT2D eigenvalue weighted by Crippen LogP contribution is -2.22. The molecule has 4 rings (SSSR count). The number of amides is 1. The minimum Gasteiger partial charge on any atom is -0.348 e. The van der Waals surface area contributed by atoms with Crippen LogP contribution < -0.4 is 10.2 Å². The Kier molecular flexibility index (Phi) is 5.07. The Labute approximate surface area is 172 Å². The van der Waals surface area contributed by atoms with Crippen molar-refractivity contribution in [3.8, 4) is 5.69 Å². The van der Waals surface area contributed by atoms with Crippen LogP contribution in [0.2, 0.25) is 0 Å². The van der Waals surface area contributed by atoms with Crippen molar-refractivity contribution in [1.29, 1.82) is 0 Å². The van der Waals surface area contributed by atoms with Crippen LogP contribution in [-0.4, -0.2) is 29.6 Å². The van der Waals surface area contributed by atoms with E-state index in [4.69, 9.17) is 4.98 Å². The zero-order chi connectivity index (χ0) is 20.5. The second-order valence-corrected chi connectivity index (χ2v) is 8.08. The molecule has 0 spiro atoms. The molecule has 4 aromatic rings. The molecule has 5 nitrogen and oxygen atoms in total. The Morgan fingerprint density at radius 2 is 1.90 bits per heavy atom. The Morgan fingerprint density at radius 3 is 2.59 bits per heavy atom. The molecule has 7 heteroatoms. The van der Waals surface area contributed by atoms with Crippen molar-refractivity contribution >= 4 is 33.5 Å². The number of carbonyl (C=O) groups excluding carboxylic acids is 1. The molecule has 2 heterocycles. The summed E-state index contributed by atoms with van der Waals surface area (Å²) in [7, 11) is 3.89. The van der Waals surface area contributed by atoms with E-state index in [9.17, 15) is 9.18 Å². The number of thiophene rings is 1. The fourth-order valence-electron chi connectivity index (χ4n) is 3.10. The van der Waals surface area contributed by atoms with Crippen LogP contribution >= 0.6 is 11.3 Å². The summed E-state index contributed by atoms with van der Waals surface area (Å²) in [5, 5.41) is 2.79. The number of aromatic nitrogens is 2. The van der Waals surface area contributed by atoms with Gasteiger partial charge in [-0.05, 0) is 31.2 Å². The summed E-state index contributed by atoms with van der Waals surface area (Å²) < 4.78 is 15.8. The van der Waals surface area contributed by atoms with Crippen LogP contribution in [-0.2, 0) is 6.54 Å². The van der Waals surface area contributed by atoms with Gasteiger partial charge in [-0.2, -0.15) is 0 Å². The highest BCUT2D eigenvalue weighted by Crippen LogP contribution is 2.32. The number of halogens is 1. The highest BCUT2D eigenvalue weighted by molar-refractivity contribution is 7.20. The molecular weight excluding hydrogens is 387 g/mol. The normalized spacial score (nSPS) is 11.0. The van der Waals surface area contributed by atoms with E-state index in [-0.39, 0.29) is 18.3 Å². The number of nitrogens with zero attached hydrogens (tertiary/aromatic N) is 3. The van der Waals surface area contributed by atoms with Gasteiger partial charge in [0, 0.05) is 31.9 Å². The van der Waals surface area contributed by atoms with Gasteiger partial charge >= 0.3 is 0 Å². The van der Waals surface area contributed by atoms with Crippen molar-refractivity contribution in [3.63, 3.8) is 0 Å². The summed E-state index contributed by atoms with van der Waals surface area (Å²) in [5.74, 6) is 0.235. The van der Waals surface area contributed by atoms with Gasteiger partial charge in [0.2, 0.25) is 5.95 Å². The lowest BCUT2D eigenvalue weighted by atomic mass is 10.2. The summed E-state index contributed by atoms with van der Waals surface area (Å²) in [6.07, 6.45) is 0. The predicted molar refractivity (Wildman–Crippen MR) is 116 cm³/mol. The predicted octanol–water partition coefficient (Wildman–Crippen LogP) is 4.53. The first-order chi connectivity index (χ1) is 13.9. The van der Waals surface area contributed by atoms with E-state index >= 15 is 0 Å². The van der Waals surface area contributed by atoms with Gasteiger partial charge in [0.15, 0.2) is 0 Å². The third-order valence-corrected chi connectivity index (χ3v) is 5.74. The molecular formula is C22H21FN4OS. The first-order valence-electron chi connectivity index (χ1n) is 9.22. The first kappa shape index (κ1) is 19.1. The van der Waals surface area contributed by atoms with Crippen molar-refractivity contribution in [2.75, 3.05) is 19.0 Å². The van der Waals surface area contributed by atoms with Crippen LogP contribution in [0.5, 0.6) is 0 Å². The van der Waals surface area contributed by atoms with Crippen LogP contribution in [0.3, 0.4) is 0 Å². The second-order valence-electron chi connectivity index (χ2n) is 7.05. The number of benzene rings is 2. The summed E-state index contributed by atoms with van der Waals surface area (Å²) in [6, 6.07) is 16.4. The molecule has 148 valence electrons. The van der Waals surface area contributed by atoms with E-state index < -0.39 is 0 Å². The van der Waals surface area contributed by atoms with Gasteiger partial charge in [-0.25, -0.2) is 9.37 Å². The fraction of sp³-hybridized carbons (Fsp3) is 0.182. The second kappa shape index (κ2) is 7.67. The van der Waals surface area contributed by atoms with Gasteiger partial charge in [0.25, 0.3) is 5.91 Å². The highest BCUT2D eigenvalue weighted by atomic mass is 32.1. The molecule has 0 aliphatic rings. The highest BCUT2D eigenvalue weighted by Gasteiger charge is 2.20. The number of anilines is 1. The van der Waals surface area contributed by atoms with Crippen LogP contribution in [0.4, 0.5) is 10.3 Å². The lowest BCUT2D eigenvalue weighted by Gasteiger charge is -2.15. The van der Waals surface area contributed by atoms with Gasteiger partial charge in [-0.15, -0.1) is 11.3 Å². The maximum atomic E-state index is 13.8. The number of imidazole rings is 1. The van der Waals surface area contributed by atoms with Gasteiger partial charge < -0.3 is 10.2 Å². The minimum atomic E-state index is -0.327. The van der Waals surface area contributed by atoms with Crippen molar-refractivity contribution in [2.45, 2.75) is 13.5 Å². The number of nitrogens with one attached hydrogen (secondary N) is 1. The van der Waals surface area contributed by atoms with Crippen molar-refractivity contribution in [3.05, 3.63) is 76.4 Å². The largest absolute Gasteiger partial charge is 0.348 e. The Morgan fingerprint density at radius 1 is 1.17 bits per heavy atom. The standard InChI is InChI=1S/C22H21FN4OS/c1-14-8-10-16(11-9-14)27-21-18(25-22(27)26(2)3)12-19(29-21)20(28)24-13-15-6-4-5-7-17(15)23/h4-12H,13H2,1-3H3,(H,24,28). The number of hydrogen-bond donors (Lipinski definition) is 1. The molecule has 0 aliphatic carbocycles. The van der Waals surface area contributed by atoms with E-state index in [0.717, 1.165) is 22.0 Å².